The summed E-state index contributed by atoms with van der Waals surface area (Å²) in [5.41, 5.74) is 1.56. The summed E-state index contributed by atoms with van der Waals surface area (Å²) in [5, 5.41) is 9.06. The number of nitrogens with one attached hydrogen (secondary N) is 2. The first-order chi connectivity index (χ1) is 11.5. The van der Waals surface area contributed by atoms with E-state index in [4.69, 9.17) is 0 Å². The predicted octanol–water partition coefficient (Wildman–Crippen LogP) is 1.26. The van der Waals surface area contributed by atoms with Crippen LogP contribution in [0.2, 0.25) is 0 Å². The lowest BCUT2D eigenvalue weighted by molar-refractivity contribution is -0.139. The molecule has 0 saturated carbocycles. The monoisotopic (exact) mass is 348 g/mol. The van der Waals surface area contributed by atoms with Crippen LogP contribution in [0.5, 0.6) is 0 Å². The van der Waals surface area contributed by atoms with Gasteiger partial charge >= 0.3 is 5.97 Å². The number of methoxy groups -OCH3 is 1. The van der Waals surface area contributed by atoms with Crippen LogP contribution in [0.15, 0.2) is 24.3 Å². The maximum Gasteiger partial charge on any atom is 0.325 e. The molecule has 9 heteroatoms. The van der Waals surface area contributed by atoms with Crippen molar-refractivity contribution >= 4 is 35.0 Å². The second-order valence-electron chi connectivity index (χ2n) is 4.69. The first-order valence-corrected chi connectivity index (χ1v) is 7.90. The Morgan fingerprint density at radius 3 is 2.50 bits per heavy atom. The minimum absolute atomic E-state index is 0.202. The van der Waals surface area contributed by atoms with Gasteiger partial charge in [-0.1, -0.05) is 11.4 Å². The summed E-state index contributed by atoms with van der Waals surface area (Å²) in [5.74, 6) is -1.22. The topological polar surface area (TPSA) is 110 Å². The fraction of sp³-hybridized carbons (Fsp3) is 0.267. The smallest absolute Gasteiger partial charge is 0.325 e. The quantitative estimate of drug-likeness (QED) is 0.760. The molecule has 0 aliphatic heterocycles. The second-order valence-corrected chi connectivity index (χ2v) is 5.45. The van der Waals surface area contributed by atoms with E-state index in [9.17, 15) is 14.4 Å². The van der Waals surface area contributed by atoms with E-state index in [0.717, 1.165) is 11.5 Å². The molecular weight excluding hydrogens is 332 g/mol. The molecule has 0 unspecified atom stereocenters. The van der Waals surface area contributed by atoms with E-state index in [1.807, 2.05) is 6.92 Å². The number of nitrogens with zero attached hydrogens (tertiary/aromatic N) is 2. The Labute approximate surface area is 142 Å². The number of carbonyl (C=O) groups is 3. The minimum atomic E-state index is -0.530. The first-order valence-electron chi connectivity index (χ1n) is 7.12. The molecule has 1 aromatic heterocycles. The van der Waals surface area contributed by atoms with E-state index in [1.165, 1.54) is 7.11 Å². The molecule has 0 radical (unpaired) electrons. The Morgan fingerprint density at radius 2 is 1.88 bits per heavy atom. The maximum atomic E-state index is 12.2. The van der Waals surface area contributed by atoms with E-state index >= 15 is 0 Å². The molecule has 24 heavy (non-hydrogen) atoms. The van der Waals surface area contributed by atoms with Crippen LogP contribution in [0, 0.1) is 0 Å². The van der Waals surface area contributed by atoms with Gasteiger partial charge < -0.3 is 15.4 Å². The van der Waals surface area contributed by atoms with Crippen molar-refractivity contribution in [3.8, 4) is 0 Å². The Hall–Kier alpha value is -2.81. The van der Waals surface area contributed by atoms with E-state index in [0.29, 0.717) is 28.2 Å². The normalized spacial score (nSPS) is 10.1. The van der Waals surface area contributed by atoms with E-state index < -0.39 is 11.9 Å². The van der Waals surface area contributed by atoms with Crippen molar-refractivity contribution in [2.24, 2.45) is 0 Å². The molecule has 1 heterocycles. The number of esters is 1. The zero-order valence-electron chi connectivity index (χ0n) is 13.2. The van der Waals surface area contributed by atoms with Gasteiger partial charge in [-0.2, -0.15) is 0 Å². The molecule has 126 valence electrons. The van der Waals surface area contributed by atoms with Crippen molar-refractivity contribution in [3.63, 3.8) is 0 Å². The zero-order valence-corrected chi connectivity index (χ0v) is 14.0. The summed E-state index contributed by atoms with van der Waals surface area (Å²) in [4.78, 5) is 35.5. The van der Waals surface area contributed by atoms with Crippen LogP contribution >= 0.6 is 11.5 Å². The molecule has 2 N–H and O–H groups in total. The van der Waals surface area contributed by atoms with E-state index in [-0.39, 0.29) is 12.5 Å². The van der Waals surface area contributed by atoms with Crippen molar-refractivity contribution in [3.05, 3.63) is 40.4 Å². The zero-order chi connectivity index (χ0) is 17.5. The van der Waals surface area contributed by atoms with Gasteiger partial charge in [-0.25, -0.2) is 0 Å². The third-order valence-corrected chi connectivity index (χ3v) is 3.89. The van der Waals surface area contributed by atoms with Crippen molar-refractivity contribution in [1.29, 1.82) is 0 Å². The molecule has 0 aliphatic carbocycles. The summed E-state index contributed by atoms with van der Waals surface area (Å²) in [6.07, 6.45) is 0.624. The van der Waals surface area contributed by atoms with Gasteiger partial charge in [0.1, 0.15) is 11.4 Å². The highest BCUT2D eigenvalue weighted by Gasteiger charge is 2.15. The molecule has 0 saturated heterocycles. The average molecular weight is 348 g/mol. The standard InChI is InChI=1S/C15H16N4O4S/c1-3-11-13(24-19-18-11)15(22)17-10-6-4-9(5-7-10)14(21)16-8-12(20)23-2/h4-7H,3,8H2,1-2H3,(H,16,21)(H,17,22). The molecule has 0 aliphatic rings. The molecule has 0 atom stereocenters. The number of hydrogen-bond donors (Lipinski definition) is 2. The molecule has 0 fully saturated rings. The van der Waals surface area contributed by atoms with Crippen LogP contribution in [0.25, 0.3) is 0 Å². The van der Waals surface area contributed by atoms with Gasteiger partial charge in [-0.15, -0.1) is 5.10 Å². The third-order valence-electron chi connectivity index (χ3n) is 3.12. The predicted molar refractivity (Wildman–Crippen MR) is 88.0 cm³/mol. The number of hydrogen-bond acceptors (Lipinski definition) is 7. The van der Waals surface area contributed by atoms with Gasteiger partial charge in [-0.05, 0) is 42.2 Å². The van der Waals surface area contributed by atoms with Crippen molar-refractivity contribution in [1.82, 2.24) is 14.9 Å². The number of amides is 2. The van der Waals surface area contributed by atoms with E-state index in [1.54, 1.807) is 24.3 Å². The summed E-state index contributed by atoms with van der Waals surface area (Å²) < 4.78 is 8.22. The van der Waals surface area contributed by atoms with E-state index in [2.05, 4.69) is 25.0 Å². The lowest BCUT2D eigenvalue weighted by Gasteiger charge is -2.06. The van der Waals surface area contributed by atoms with Gasteiger partial charge in [-0.3, -0.25) is 14.4 Å². The van der Waals surface area contributed by atoms with Crippen molar-refractivity contribution < 1.29 is 19.1 Å². The summed E-state index contributed by atoms with van der Waals surface area (Å²) in [7, 11) is 1.24. The number of rotatable bonds is 6. The summed E-state index contributed by atoms with van der Waals surface area (Å²) in [6, 6.07) is 6.30. The van der Waals surface area contributed by atoms with Gasteiger partial charge in [0.05, 0.1) is 12.8 Å². The van der Waals surface area contributed by atoms with Crippen LogP contribution < -0.4 is 10.6 Å². The Morgan fingerprint density at radius 1 is 1.17 bits per heavy atom. The first kappa shape index (κ1) is 17.5. The molecule has 8 nitrogen and oxygen atoms in total. The molecule has 2 amide bonds. The van der Waals surface area contributed by atoms with Gasteiger partial charge in [0, 0.05) is 11.3 Å². The lowest BCUT2D eigenvalue weighted by atomic mass is 10.2. The Kier molecular flexibility index (Phi) is 5.96. The van der Waals surface area contributed by atoms with Gasteiger partial charge in [0.2, 0.25) is 0 Å². The highest BCUT2D eigenvalue weighted by atomic mass is 32.1. The number of ether oxygens (including phenoxy) is 1. The van der Waals surface area contributed by atoms with Crippen LogP contribution in [0.1, 0.15) is 32.6 Å². The SMILES string of the molecule is CCc1nnsc1C(=O)Nc1ccc(C(=O)NCC(=O)OC)cc1. The number of aromatic nitrogens is 2. The molecule has 2 rings (SSSR count). The fourth-order valence-electron chi connectivity index (χ4n) is 1.83. The molecule has 1 aromatic carbocycles. The summed E-state index contributed by atoms with van der Waals surface area (Å²) in [6.45, 7) is 1.70. The number of aryl methyl sites for hydroxylation is 1. The Bertz CT molecular complexity index is 742. The van der Waals surface area contributed by atoms with Crippen LogP contribution in [0.3, 0.4) is 0 Å². The number of anilines is 1. The maximum absolute atomic E-state index is 12.2. The minimum Gasteiger partial charge on any atom is -0.468 e. The summed E-state index contributed by atoms with van der Waals surface area (Å²) >= 11 is 1.04. The van der Waals surface area contributed by atoms with Crippen LogP contribution in [-0.4, -0.2) is 41.0 Å². The van der Waals surface area contributed by atoms with Crippen molar-refractivity contribution in [2.75, 3.05) is 19.0 Å². The molecule has 0 bridgehead atoms. The van der Waals surface area contributed by atoms with Crippen LogP contribution in [0.4, 0.5) is 5.69 Å². The second kappa shape index (κ2) is 8.16. The largest absolute Gasteiger partial charge is 0.468 e. The molecule has 2 aromatic rings. The number of carbonyl (C=O) groups excluding carboxylic acids is 3. The van der Waals surface area contributed by atoms with Crippen molar-refractivity contribution in [2.45, 2.75) is 13.3 Å². The lowest BCUT2D eigenvalue weighted by Crippen LogP contribution is -2.30. The fourth-order valence-corrected chi connectivity index (χ4v) is 2.48. The third kappa shape index (κ3) is 4.35. The molecular formula is C15H16N4O4S. The number of benzene rings is 1. The van der Waals surface area contributed by atoms with Gasteiger partial charge in [0.15, 0.2) is 0 Å². The average Bonchev–Trinajstić information content (AvgIpc) is 3.08. The molecule has 0 spiro atoms. The van der Waals surface area contributed by atoms with Gasteiger partial charge in [0.25, 0.3) is 11.8 Å². The van der Waals surface area contributed by atoms with Crippen LogP contribution in [-0.2, 0) is 16.0 Å². The Balaban J connectivity index is 1.98. The highest BCUT2D eigenvalue weighted by Crippen LogP contribution is 2.15. The highest BCUT2D eigenvalue weighted by molar-refractivity contribution is 7.08.